The number of rotatable bonds is 11. The fourth-order valence-corrected chi connectivity index (χ4v) is 5.82. The molecule has 1 N–H and O–H groups in total. The second-order valence-electron chi connectivity index (χ2n) is 6.52. The van der Waals surface area contributed by atoms with Crippen LogP contribution in [-0.2, 0) is 14.8 Å². The average Bonchev–Trinajstić information content (AvgIpc) is 3.24. The van der Waals surface area contributed by atoms with E-state index in [1.807, 2.05) is 6.92 Å². The van der Waals surface area contributed by atoms with E-state index in [1.165, 1.54) is 23.5 Å². The van der Waals surface area contributed by atoms with Gasteiger partial charge in [0.1, 0.15) is 12.3 Å². The van der Waals surface area contributed by atoms with Crippen molar-refractivity contribution in [1.82, 2.24) is 10.2 Å². The Labute approximate surface area is 196 Å². The molecule has 0 saturated carbocycles. The molecule has 0 bridgehead atoms. The minimum Gasteiger partial charge on any atom is -0.494 e. The van der Waals surface area contributed by atoms with Crippen molar-refractivity contribution in [1.29, 1.82) is 0 Å². The van der Waals surface area contributed by atoms with Crippen LogP contribution in [0, 0.1) is 0 Å². The molecule has 0 atom stereocenters. The standard InChI is InChI=1S/C21H24N4O4S3/c1-3-14-30-21-24-23-20(31-21)22-19(26)15-25(16-8-6-5-7-9-16)32(27,28)18-12-10-17(11-13-18)29-4-2/h5-13H,3-4,14-15H2,1-2H3,(H,22,23,26). The first kappa shape index (κ1) is 24.0. The van der Waals surface area contributed by atoms with E-state index in [9.17, 15) is 13.2 Å². The number of aromatic nitrogens is 2. The number of amides is 1. The molecule has 0 radical (unpaired) electrons. The van der Waals surface area contributed by atoms with Crippen LogP contribution < -0.4 is 14.4 Å². The van der Waals surface area contributed by atoms with Crippen molar-refractivity contribution in [3.63, 3.8) is 0 Å². The Kier molecular flexibility index (Phi) is 8.48. The summed E-state index contributed by atoms with van der Waals surface area (Å²) in [6.07, 6.45) is 1.00. The van der Waals surface area contributed by atoms with E-state index in [2.05, 4.69) is 22.4 Å². The fourth-order valence-electron chi connectivity index (χ4n) is 2.71. The molecule has 3 rings (SSSR count). The number of hydrogen-bond acceptors (Lipinski definition) is 8. The third-order valence-corrected chi connectivity index (χ3v) is 8.10. The predicted molar refractivity (Wildman–Crippen MR) is 128 cm³/mol. The highest BCUT2D eigenvalue weighted by Crippen LogP contribution is 2.27. The van der Waals surface area contributed by atoms with Gasteiger partial charge in [0.15, 0.2) is 4.34 Å². The van der Waals surface area contributed by atoms with Gasteiger partial charge >= 0.3 is 0 Å². The zero-order chi connectivity index (χ0) is 23.0. The molecule has 0 unspecified atom stereocenters. The summed E-state index contributed by atoms with van der Waals surface area (Å²) in [6.45, 7) is 3.99. The molecule has 11 heteroatoms. The number of sulfonamides is 1. The van der Waals surface area contributed by atoms with Crippen LogP contribution in [0.4, 0.5) is 10.8 Å². The van der Waals surface area contributed by atoms with Crippen LogP contribution in [0.5, 0.6) is 5.75 Å². The number of benzene rings is 2. The summed E-state index contributed by atoms with van der Waals surface area (Å²) in [6, 6.07) is 14.6. The maximum absolute atomic E-state index is 13.4. The predicted octanol–water partition coefficient (Wildman–Crippen LogP) is 4.27. The van der Waals surface area contributed by atoms with Gasteiger partial charge in [-0.15, -0.1) is 10.2 Å². The highest BCUT2D eigenvalue weighted by molar-refractivity contribution is 8.01. The lowest BCUT2D eigenvalue weighted by Crippen LogP contribution is -2.38. The van der Waals surface area contributed by atoms with Crippen LogP contribution in [0.2, 0.25) is 0 Å². The van der Waals surface area contributed by atoms with Gasteiger partial charge in [0.2, 0.25) is 11.0 Å². The highest BCUT2D eigenvalue weighted by atomic mass is 32.2. The fraction of sp³-hybridized carbons (Fsp3) is 0.286. The van der Waals surface area contributed by atoms with Gasteiger partial charge in [-0.25, -0.2) is 8.42 Å². The molecule has 3 aromatic rings. The Morgan fingerprint density at radius 2 is 1.81 bits per heavy atom. The third-order valence-electron chi connectivity index (χ3n) is 4.14. The third kappa shape index (κ3) is 6.21. The van der Waals surface area contributed by atoms with Gasteiger partial charge in [0.25, 0.3) is 10.0 Å². The van der Waals surface area contributed by atoms with Crippen molar-refractivity contribution < 1.29 is 17.9 Å². The van der Waals surface area contributed by atoms with Gasteiger partial charge in [0.05, 0.1) is 17.2 Å². The van der Waals surface area contributed by atoms with Crippen molar-refractivity contribution in [3.8, 4) is 5.75 Å². The lowest BCUT2D eigenvalue weighted by Gasteiger charge is -2.24. The lowest BCUT2D eigenvalue weighted by molar-refractivity contribution is -0.114. The first-order valence-electron chi connectivity index (χ1n) is 10.0. The molecule has 1 amide bonds. The van der Waals surface area contributed by atoms with E-state index in [4.69, 9.17) is 4.74 Å². The number of carbonyl (C=O) groups is 1. The molecule has 0 aliphatic rings. The number of ether oxygens (including phenoxy) is 1. The van der Waals surface area contributed by atoms with Gasteiger partial charge in [-0.3, -0.25) is 14.4 Å². The van der Waals surface area contributed by atoms with E-state index in [0.717, 1.165) is 20.8 Å². The highest BCUT2D eigenvalue weighted by Gasteiger charge is 2.27. The topological polar surface area (TPSA) is 101 Å². The van der Waals surface area contributed by atoms with Gasteiger partial charge in [-0.2, -0.15) is 0 Å². The smallest absolute Gasteiger partial charge is 0.264 e. The quantitative estimate of drug-likeness (QED) is 0.315. The maximum atomic E-state index is 13.4. The maximum Gasteiger partial charge on any atom is 0.264 e. The molecule has 0 aliphatic heterocycles. The molecule has 170 valence electrons. The van der Waals surface area contributed by atoms with Crippen LogP contribution in [0.25, 0.3) is 0 Å². The number of hydrogen-bond donors (Lipinski definition) is 1. The zero-order valence-corrected chi connectivity index (χ0v) is 20.2. The van der Waals surface area contributed by atoms with Crippen molar-refractivity contribution >= 4 is 49.8 Å². The molecule has 1 heterocycles. The van der Waals surface area contributed by atoms with E-state index in [-0.39, 0.29) is 4.90 Å². The van der Waals surface area contributed by atoms with Crippen LogP contribution in [0.3, 0.4) is 0 Å². The molecule has 32 heavy (non-hydrogen) atoms. The van der Waals surface area contributed by atoms with Crippen molar-refractivity contribution in [2.24, 2.45) is 0 Å². The summed E-state index contributed by atoms with van der Waals surface area (Å²) < 4.78 is 34.0. The first-order valence-corrected chi connectivity index (χ1v) is 13.2. The second-order valence-corrected chi connectivity index (χ2v) is 10.7. The molecule has 0 spiro atoms. The second kappa shape index (κ2) is 11.3. The monoisotopic (exact) mass is 492 g/mol. The summed E-state index contributed by atoms with van der Waals surface area (Å²) in [7, 11) is -4.00. The van der Waals surface area contributed by atoms with E-state index >= 15 is 0 Å². The average molecular weight is 493 g/mol. The lowest BCUT2D eigenvalue weighted by atomic mass is 10.3. The molecular weight excluding hydrogens is 468 g/mol. The van der Waals surface area contributed by atoms with Crippen LogP contribution in [0.1, 0.15) is 20.3 Å². The Bertz CT molecular complexity index is 1120. The van der Waals surface area contributed by atoms with Gasteiger partial charge in [-0.05, 0) is 49.7 Å². The minimum absolute atomic E-state index is 0.0618. The molecule has 0 saturated heterocycles. The van der Waals surface area contributed by atoms with E-state index in [1.54, 1.807) is 54.2 Å². The van der Waals surface area contributed by atoms with Gasteiger partial charge in [0, 0.05) is 5.75 Å². The molecule has 2 aromatic carbocycles. The van der Waals surface area contributed by atoms with Gasteiger partial charge < -0.3 is 4.74 Å². The largest absolute Gasteiger partial charge is 0.494 e. The molecule has 0 fully saturated rings. The number of para-hydroxylation sites is 1. The summed E-state index contributed by atoms with van der Waals surface area (Å²) >= 11 is 2.82. The Morgan fingerprint density at radius 3 is 2.47 bits per heavy atom. The van der Waals surface area contributed by atoms with E-state index in [0.29, 0.717) is 23.2 Å². The zero-order valence-electron chi connectivity index (χ0n) is 17.7. The van der Waals surface area contributed by atoms with Crippen LogP contribution in [-0.4, -0.2) is 43.4 Å². The van der Waals surface area contributed by atoms with Crippen LogP contribution in [0.15, 0.2) is 63.8 Å². The summed E-state index contributed by atoms with van der Waals surface area (Å²) in [5, 5.41) is 11.0. The molecule has 1 aromatic heterocycles. The first-order chi connectivity index (χ1) is 15.4. The number of carbonyl (C=O) groups excluding carboxylic acids is 1. The van der Waals surface area contributed by atoms with E-state index < -0.39 is 22.5 Å². The SMILES string of the molecule is CCCSc1nnc(NC(=O)CN(c2ccccc2)S(=O)(=O)c2ccc(OCC)cc2)s1. The molecule has 8 nitrogen and oxygen atoms in total. The van der Waals surface area contributed by atoms with Crippen molar-refractivity contribution in [2.75, 3.05) is 28.5 Å². The molecular formula is C21H24N4O4S3. The number of anilines is 2. The van der Waals surface area contributed by atoms with Gasteiger partial charge in [-0.1, -0.05) is 48.2 Å². The van der Waals surface area contributed by atoms with Crippen molar-refractivity contribution in [2.45, 2.75) is 29.5 Å². The minimum atomic E-state index is -4.00. The van der Waals surface area contributed by atoms with Crippen LogP contribution >= 0.6 is 23.1 Å². The molecule has 0 aliphatic carbocycles. The Balaban J connectivity index is 1.81. The van der Waals surface area contributed by atoms with Crippen molar-refractivity contribution in [3.05, 3.63) is 54.6 Å². The Hall–Kier alpha value is -2.63. The summed E-state index contributed by atoms with van der Waals surface area (Å²) in [5.41, 5.74) is 0.382. The summed E-state index contributed by atoms with van der Waals surface area (Å²) in [5.74, 6) is 0.972. The summed E-state index contributed by atoms with van der Waals surface area (Å²) in [4.78, 5) is 12.8. The number of nitrogens with zero attached hydrogens (tertiary/aromatic N) is 3. The normalized spacial score (nSPS) is 11.2. The Morgan fingerprint density at radius 1 is 1.09 bits per heavy atom. The number of thioether (sulfide) groups is 1. The number of nitrogens with one attached hydrogen (secondary N) is 1.